The second-order valence-corrected chi connectivity index (χ2v) is 21.0. The molecule has 1 saturated heterocycles. The Balaban J connectivity index is 0.000000136. The normalized spacial score (nSPS) is 20.0. The summed E-state index contributed by atoms with van der Waals surface area (Å²) in [5.41, 5.74) is 7.38. The first-order valence-corrected chi connectivity index (χ1v) is 27.6. The van der Waals surface area contributed by atoms with Crippen molar-refractivity contribution in [1.82, 2.24) is 20.3 Å². The van der Waals surface area contributed by atoms with Gasteiger partial charge >= 0.3 is 0 Å². The molecule has 2 N–H and O–H groups in total. The Bertz CT molecular complexity index is 3120. The second kappa shape index (κ2) is 27.2. The molecule has 11 heteroatoms. The zero-order valence-electron chi connectivity index (χ0n) is 42.0. The van der Waals surface area contributed by atoms with E-state index in [0.717, 1.165) is 60.3 Å². The standard InChI is InChI=1S/C21H21NO.C20H20N2O.C11H11NO3S.C11H14O.CH4/c1-2-6-16(7-3-1)20-10-5-11-21(20)23-15-18-9-4-8-17-14-22-13-12-19(17)18;1-2-5-15(6-3-1)19-12-22-13-20(19)23-14-17-8-4-7-16-11-21-10-9-18(16)17;1-16(13,14)15-8-10-4-2-3-9-7-12-6-5-11(9)10;12-11-8-4-7-10(11)9-5-2-1-3-6-9;/h1-4,6-9,12-14,20-21H,5,10-11,15H2;1-11,19-20,22H,12-14H2;2-7H,8H2,1H3;1-3,5-6,10-12H,4,7-8H2;1H4/t20-,21+;19-,20+;;10-,11+;/m00.0./s1. The van der Waals surface area contributed by atoms with Crippen LogP contribution in [-0.2, 0) is 43.6 Å². The lowest BCUT2D eigenvalue weighted by molar-refractivity contribution is 0.0349. The molecule has 0 unspecified atom stereocenters. The van der Waals surface area contributed by atoms with E-state index >= 15 is 0 Å². The largest absolute Gasteiger partial charge is 0.392 e. The third-order valence-corrected chi connectivity index (χ3v) is 15.0. The molecule has 6 atom stereocenters. The number of pyridine rings is 3. The number of rotatable bonds is 12. The molecule has 3 fully saturated rings. The van der Waals surface area contributed by atoms with Crippen LogP contribution in [0.1, 0.15) is 97.1 Å². The van der Waals surface area contributed by atoms with E-state index in [1.807, 2.05) is 67.3 Å². The summed E-state index contributed by atoms with van der Waals surface area (Å²) in [4.78, 5) is 12.4. The molecule has 75 heavy (non-hydrogen) atoms. The van der Waals surface area contributed by atoms with Gasteiger partial charge in [0.25, 0.3) is 10.1 Å². The summed E-state index contributed by atoms with van der Waals surface area (Å²) in [6, 6.07) is 56.0. The van der Waals surface area contributed by atoms with E-state index in [2.05, 4.69) is 142 Å². The summed E-state index contributed by atoms with van der Waals surface area (Å²) >= 11 is 0. The molecule has 10 nitrogen and oxygen atoms in total. The first-order valence-electron chi connectivity index (χ1n) is 25.8. The molecular weight excluding hydrogens is 953 g/mol. The van der Waals surface area contributed by atoms with Crippen LogP contribution in [0.25, 0.3) is 32.3 Å². The number of nitrogens with zero attached hydrogens (tertiary/aromatic N) is 3. The Morgan fingerprint density at radius 2 is 0.907 bits per heavy atom. The molecule has 9 aromatic rings. The maximum Gasteiger partial charge on any atom is 0.264 e. The van der Waals surface area contributed by atoms with E-state index in [4.69, 9.17) is 13.7 Å². The second-order valence-electron chi connectivity index (χ2n) is 19.3. The van der Waals surface area contributed by atoms with E-state index < -0.39 is 10.1 Å². The molecule has 1 aliphatic heterocycles. The average molecular weight is 1020 g/mol. The molecule has 4 heterocycles. The SMILES string of the molecule is C.CS(=O)(=O)OCc1cccc2cnccc12.O[C@@H]1CCC[C@H]1c1ccccc1.c1ccc([C@@H]2CCC[C@H]2OCc2cccc3cnccc23)cc1.c1ccc([C@@H]2CNC[C@H]2OCc2cccc3cnccc23)cc1. The average Bonchev–Trinajstić information content (AvgIpc) is 4.24. The number of hydrogen-bond acceptors (Lipinski definition) is 10. The van der Waals surface area contributed by atoms with Gasteiger partial charge in [0.2, 0.25) is 0 Å². The van der Waals surface area contributed by atoms with Gasteiger partial charge in [-0.1, -0.05) is 166 Å². The van der Waals surface area contributed by atoms with Crippen molar-refractivity contribution >= 4 is 42.4 Å². The lowest BCUT2D eigenvalue weighted by Crippen LogP contribution is -2.21. The minimum Gasteiger partial charge on any atom is -0.392 e. The highest BCUT2D eigenvalue weighted by Gasteiger charge is 2.30. The summed E-state index contributed by atoms with van der Waals surface area (Å²) in [5, 5.41) is 19.8. The number of fused-ring (bicyclic) bond motifs is 3. The quantitative estimate of drug-likeness (QED) is 0.114. The number of aromatic nitrogens is 3. The number of aliphatic hydroxyl groups excluding tert-OH is 1. The van der Waals surface area contributed by atoms with Crippen LogP contribution in [0.3, 0.4) is 0 Å². The predicted octanol–water partition coefficient (Wildman–Crippen LogP) is 13.3. The highest BCUT2D eigenvalue weighted by atomic mass is 32.2. The van der Waals surface area contributed by atoms with Crippen molar-refractivity contribution in [1.29, 1.82) is 0 Å². The van der Waals surface area contributed by atoms with E-state index in [0.29, 0.717) is 37.1 Å². The Kier molecular flexibility index (Phi) is 19.8. The third kappa shape index (κ3) is 15.0. The van der Waals surface area contributed by atoms with Gasteiger partial charge in [-0.25, -0.2) is 0 Å². The lowest BCUT2D eigenvalue weighted by Gasteiger charge is -2.21. The summed E-state index contributed by atoms with van der Waals surface area (Å²) in [7, 11) is -3.41. The summed E-state index contributed by atoms with van der Waals surface area (Å²) in [6.45, 7) is 3.26. The number of nitrogens with one attached hydrogen (secondary N) is 1. The Morgan fingerprint density at radius 1 is 0.480 bits per heavy atom. The summed E-state index contributed by atoms with van der Waals surface area (Å²) < 4.78 is 39.2. The van der Waals surface area contributed by atoms with Crippen molar-refractivity contribution in [2.45, 2.75) is 102 Å². The Labute approximate surface area is 443 Å². The van der Waals surface area contributed by atoms with Crippen molar-refractivity contribution in [3.63, 3.8) is 0 Å². The minimum absolute atomic E-state index is 0. The van der Waals surface area contributed by atoms with Gasteiger partial charge in [0.15, 0.2) is 0 Å². The smallest absolute Gasteiger partial charge is 0.264 e. The van der Waals surface area contributed by atoms with Gasteiger partial charge < -0.3 is 19.9 Å². The fourth-order valence-corrected chi connectivity index (χ4v) is 11.0. The number of benzene rings is 6. The monoisotopic (exact) mass is 1020 g/mol. The van der Waals surface area contributed by atoms with E-state index in [1.54, 1.807) is 12.4 Å². The van der Waals surface area contributed by atoms with E-state index in [9.17, 15) is 13.5 Å². The van der Waals surface area contributed by atoms with Crippen LogP contribution in [0.4, 0.5) is 0 Å². The van der Waals surface area contributed by atoms with Crippen LogP contribution in [0.15, 0.2) is 201 Å². The van der Waals surface area contributed by atoms with Crippen molar-refractivity contribution in [3.8, 4) is 0 Å². The number of aliphatic hydroxyl groups is 1. The number of hydrogen-bond donors (Lipinski definition) is 2. The topological polar surface area (TPSA) is 133 Å². The van der Waals surface area contributed by atoms with Crippen LogP contribution in [0.2, 0.25) is 0 Å². The molecule has 0 bridgehead atoms. The van der Waals surface area contributed by atoms with Gasteiger partial charge in [0.1, 0.15) is 0 Å². The zero-order valence-corrected chi connectivity index (χ0v) is 42.8. The van der Waals surface area contributed by atoms with Gasteiger partial charge in [-0.3, -0.25) is 19.1 Å². The molecule has 0 amide bonds. The Morgan fingerprint density at radius 3 is 1.37 bits per heavy atom. The fraction of sp³-hybridized carbons (Fsp3) is 0.297. The van der Waals surface area contributed by atoms with Crippen molar-refractivity contribution in [2.75, 3.05) is 19.3 Å². The van der Waals surface area contributed by atoms with Crippen molar-refractivity contribution in [3.05, 3.63) is 234 Å². The van der Waals surface area contributed by atoms with E-state index in [-0.39, 0.29) is 26.2 Å². The van der Waals surface area contributed by atoms with Gasteiger partial charge in [0, 0.05) is 84.2 Å². The van der Waals surface area contributed by atoms with Crippen molar-refractivity contribution in [2.24, 2.45) is 0 Å². The molecule has 6 aromatic carbocycles. The van der Waals surface area contributed by atoms with E-state index in [1.165, 1.54) is 63.2 Å². The fourth-order valence-electron chi connectivity index (χ4n) is 10.6. The Hall–Kier alpha value is -6.70. The molecule has 0 spiro atoms. The highest BCUT2D eigenvalue weighted by Crippen LogP contribution is 2.38. The number of ether oxygens (including phenoxy) is 2. The molecule has 388 valence electrons. The van der Waals surface area contributed by atoms with Crippen LogP contribution in [-0.4, -0.2) is 66.1 Å². The van der Waals surface area contributed by atoms with Gasteiger partial charge in [-0.2, -0.15) is 8.42 Å². The molecule has 3 aromatic heterocycles. The van der Waals surface area contributed by atoms with Gasteiger partial charge in [-0.05, 0) is 93.4 Å². The summed E-state index contributed by atoms with van der Waals surface area (Å²) in [5.74, 6) is 1.35. The lowest BCUT2D eigenvalue weighted by atomic mass is 9.96. The van der Waals surface area contributed by atoms with Crippen LogP contribution in [0.5, 0.6) is 0 Å². The first kappa shape index (κ1) is 54.6. The minimum atomic E-state index is -3.41. The molecule has 3 aliphatic rings. The molecule has 12 rings (SSSR count). The van der Waals surface area contributed by atoms with Gasteiger partial charge in [0.05, 0.1) is 44.4 Å². The molecule has 2 saturated carbocycles. The first-order chi connectivity index (χ1) is 36.3. The van der Waals surface area contributed by atoms with Crippen LogP contribution < -0.4 is 5.32 Å². The zero-order chi connectivity index (χ0) is 51.0. The van der Waals surface area contributed by atoms with Crippen molar-refractivity contribution < 1.29 is 27.2 Å². The van der Waals surface area contributed by atoms with Crippen LogP contribution in [0, 0.1) is 0 Å². The molecular formula is C64H70N4O6S. The van der Waals surface area contributed by atoms with Gasteiger partial charge in [-0.15, -0.1) is 0 Å². The molecule has 2 aliphatic carbocycles. The van der Waals surface area contributed by atoms with Crippen LogP contribution >= 0.6 is 0 Å². The predicted molar refractivity (Wildman–Crippen MR) is 303 cm³/mol. The summed E-state index contributed by atoms with van der Waals surface area (Å²) in [6.07, 6.45) is 19.3. The molecule has 0 radical (unpaired) electrons. The highest BCUT2D eigenvalue weighted by molar-refractivity contribution is 7.85. The maximum absolute atomic E-state index is 10.9. The maximum atomic E-state index is 10.9. The third-order valence-electron chi connectivity index (χ3n) is 14.4.